The van der Waals surface area contributed by atoms with E-state index in [2.05, 4.69) is 5.73 Å². The van der Waals surface area contributed by atoms with E-state index < -0.39 is 14.2 Å². The molecule has 78 valence electrons. The van der Waals surface area contributed by atoms with E-state index in [9.17, 15) is 8.53 Å². The van der Waals surface area contributed by atoms with E-state index >= 15 is 0 Å². The molecule has 14 heavy (non-hydrogen) atoms. The average Bonchev–Trinajstić information content (AvgIpc) is 2.03. The number of benzene rings is 1. The van der Waals surface area contributed by atoms with Gasteiger partial charge in [0.05, 0.1) is 0 Å². The molecule has 1 aromatic carbocycles. The van der Waals surface area contributed by atoms with Gasteiger partial charge in [-0.05, 0) is 0 Å². The van der Waals surface area contributed by atoms with Crippen LogP contribution in [0.4, 0.5) is 0 Å². The van der Waals surface area contributed by atoms with Crippen molar-refractivity contribution in [2.75, 3.05) is 0 Å². The molecule has 0 atom stereocenters. The van der Waals surface area contributed by atoms with Gasteiger partial charge in [0, 0.05) is 6.92 Å². The Labute approximate surface area is 84.6 Å². The SMILES string of the molecule is CC(N)=O.O=[As](O)(O)c1ccccc1. The number of nitrogens with two attached hydrogens (primary N) is 1. The normalized spacial score (nSPS) is 9.93. The van der Waals surface area contributed by atoms with Crippen LogP contribution in [0, 0.1) is 0 Å². The van der Waals surface area contributed by atoms with Crippen LogP contribution in [-0.2, 0) is 8.53 Å². The van der Waals surface area contributed by atoms with Crippen molar-refractivity contribution in [3.8, 4) is 0 Å². The molecule has 4 N–H and O–H groups in total. The summed E-state index contributed by atoms with van der Waals surface area (Å²) in [6.45, 7) is 1.31. The van der Waals surface area contributed by atoms with Crippen LogP contribution in [0.5, 0.6) is 0 Å². The fourth-order valence-corrected chi connectivity index (χ4v) is 1.80. The predicted octanol–water partition coefficient (Wildman–Crippen LogP) is -1.26. The summed E-state index contributed by atoms with van der Waals surface area (Å²) in [5, 5.41) is 0. The van der Waals surface area contributed by atoms with Gasteiger partial charge in [-0.15, -0.1) is 0 Å². The molecule has 0 radical (unpaired) electrons. The minimum atomic E-state index is -4.60. The Morgan fingerprint density at radius 2 is 1.64 bits per heavy atom. The molecule has 0 aliphatic rings. The number of hydrogen-bond donors (Lipinski definition) is 3. The molecule has 0 bridgehead atoms. The standard InChI is InChI=1S/C6H7AsO3.C2H5NO/c8-7(9,10)6-4-2-1-3-5-6;1-2(3)4/h1-5H,(H2,8,9,10);1H3,(H2,3,4). The van der Waals surface area contributed by atoms with Crippen molar-refractivity contribution in [2.24, 2.45) is 5.73 Å². The van der Waals surface area contributed by atoms with Crippen LogP contribution < -0.4 is 10.1 Å². The van der Waals surface area contributed by atoms with Crippen molar-refractivity contribution < 1.29 is 16.7 Å². The predicted molar refractivity (Wildman–Crippen MR) is 51.8 cm³/mol. The second-order valence-corrected chi connectivity index (χ2v) is 5.86. The van der Waals surface area contributed by atoms with Crippen molar-refractivity contribution in [2.45, 2.75) is 6.92 Å². The van der Waals surface area contributed by atoms with Crippen LogP contribution >= 0.6 is 0 Å². The average molecular weight is 261 g/mol. The Hall–Kier alpha value is -1.03. The number of primary amides is 1. The summed E-state index contributed by atoms with van der Waals surface area (Å²) in [5.74, 6) is -0.333. The number of carbonyl (C=O) groups excluding carboxylic acids is 1. The van der Waals surface area contributed by atoms with Gasteiger partial charge in [0.1, 0.15) is 0 Å². The third-order valence-corrected chi connectivity index (χ3v) is 3.13. The molecule has 1 aromatic rings. The van der Waals surface area contributed by atoms with Gasteiger partial charge >= 0.3 is 60.8 Å². The number of hydrogen-bond acceptors (Lipinski definition) is 2. The molecule has 5 nitrogen and oxygen atoms in total. The summed E-state index contributed by atoms with van der Waals surface area (Å²) >= 11 is -4.60. The van der Waals surface area contributed by atoms with Gasteiger partial charge in [-0.3, -0.25) is 4.79 Å². The van der Waals surface area contributed by atoms with Crippen LogP contribution in [0.2, 0.25) is 0 Å². The van der Waals surface area contributed by atoms with Gasteiger partial charge in [0.15, 0.2) is 0 Å². The molecule has 0 saturated heterocycles. The fourth-order valence-electron chi connectivity index (χ4n) is 0.622. The Morgan fingerprint density at radius 3 is 1.86 bits per heavy atom. The summed E-state index contributed by atoms with van der Waals surface area (Å²) in [5.41, 5.74) is 4.47. The molecule has 6 heteroatoms. The molecule has 0 spiro atoms. The van der Waals surface area contributed by atoms with E-state index in [0.717, 1.165) is 0 Å². The first-order valence-electron chi connectivity index (χ1n) is 3.71. The quantitative estimate of drug-likeness (QED) is 0.549. The molecule has 0 heterocycles. The van der Waals surface area contributed by atoms with Crippen LogP contribution in [0.3, 0.4) is 0 Å². The van der Waals surface area contributed by atoms with E-state index in [1.165, 1.54) is 19.1 Å². The second kappa shape index (κ2) is 5.65. The zero-order valence-corrected chi connectivity index (χ0v) is 9.50. The first-order valence-corrected chi connectivity index (χ1v) is 7.09. The maximum atomic E-state index is 10.6. The Bertz CT molecular complexity index is 328. The summed E-state index contributed by atoms with van der Waals surface area (Å²) in [6, 6.07) is 7.79. The first kappa shape index (κ1) is 13.0. The number of amides is 1. The molecule has 0 saturated carbocycles. The molecule has 1 rings (SSSR count). The summed E-state index contributed by atoms with van der Waals surface area (Å²) < 4.78 is 28.0. The van der Waals surface area contributed by atoms with Gasteiger partial charge < -0.3 is 5.73 Å². The van der Waals surface area contributed by atoms with Gasteiger partial charge in [-0.25, -0.2) is 0 Å². The van der Waals surface area contributed by atoms with Gasteiger partial charge in [-0.1, -0.05) is 0 Å². The molecular formula is C8H12AsNO4. The maximum absolute atomic E-state index is 10.6. The molecule has 0 fully saturated rings. The monoisotopic (exact) mass is 261 g/mol. The van der Waals surface area contributed by atoms with Crippen molar-refractivity contribution >= 4 is 24.4 Å². The van der Waals surface area contributed by atoms with Crippen molar-refractivity contribution in [1.29, 1.82) is 0 Å². The molecule has 0 aromatic heterocycles. The Morgan fingerprint density at radius 1 is 1.29 bits per heavy atom. The molecule has 1 amide bonds. The van der Waals surface area contributed by atoms with E-state index in [0.29, 0.717) is 0 Å². The topological polar surface area (TPSA) is 101 Å². The van der Waals surface area contributed by atoms with Crippen molar-refractivity contribution in [3.05, 3.63) is 30.3 Å². The van der Waals surface area contributed by atoms with Gasteiger partial charge in [0.2, 0.25) is 5.91 Å². The summed E-state index contributed by atoms with van der Waals surface area (Å²) in [4.78, 5) is 9.22. The fraction of sp³-hybridized carbons (Fsp3) is 0.125. The molecule has 0 aliphatic carbocycles. The van der Waals surface area contributed by atoms with Crippen LogP contribution in [0.25, 0.3) is 0 Å². The second-order valence-electron chi connectivity index (χ2n) is 2.49. The van der Waals surface area contributed by atoms with E-state index in [1.54, 1.807) is 18.2 Å². The van der Waals surface area contributed by atoms with E-state index in [1.807, 2.05) is 0 Å². The van der Waals surface area contributed by atoms with Crippen LogP contribution in [0.1, 0.15) is 6.92 Å². The summed E-state index contributed by atoms with van der Waals surface area (Å²) in [6.07, 6.45) is 0. The van der Waals surface area contributed by atoms with Crippen LogP contribution in [0.15, 0.2) is 30.3 Å². The zero-order chi connectivity index (χ0) is 11.2. The Kier molecular flexibility index (Phi) is 5.23. The van der Waals surface area contributed by atoms with Gasteiger partial charge in [-0.2, -0.15) is 0 Å². The first-order chi connectivity index (χ1) is 6.34. The van der Waals surface area contributed by atoms with Crippen molar-refractivity contribution in [1.82, 2.24) is 0 Å². The Balaban J connectivity index is 0.000000364. The number of carbonyl (C=O) groups is 1. The third-order valence-electron chi connectivity index (χ3n) is 1.09. The molecule has 0 unspecified atom stereocenters. The van der Waals surface area contributed by atoms with E-state index in [4.69, 9.17) is 8.19 Å². The van der Waals surface area contributed by atoms with E-state index in [-0.39, 0.29) is 10.3 Å². The van der Waals surface area contributed by atoms with Crippen molar-refractivity contribution in [3.63, 3.8) is 0 Å². The van der Waals surface area contributed by atoms with Gasteiger partial charge in [0.25, 0.3) is 0 Å². The third kappa shape index (κ3) is 6.48. The molecular weight excluding hydrogens is 249 g/mol. The summed E-state index contributed by atoms with van der Waals surface area (Å²) in [7, 11) is 0. The number of rotatable bonds is 1. The van der Waals surface area contributed by atoms with Crippen LogP contribution in [-0.4, -0.2) is 28.3 Å². The zero-order valence-electron chi connectivity index (χ0n) is 7.62. The molecule has 0 aliphatic heterocycles. The minimum absolute atomic E-state index is 0.126.